The van der Waals surface area contributed by atoms with Gasteiger partial charge in [-0.15, -0.1) is 0 Å². The molecule has 0 radical (unpaired) electrons. The molecule has 0 aromatic heterocycles. The highest BCUT2D eigenvalue weighted by Gasteiger charge is 2.47. The molecule has 2 aliphatic rings. The highest BCUT2D eigenvalue weighted by Crippen LogP contribution is 2.51. The molecule has 4 atom stereocenters. The summed E-state index contributed by atoms with van der Waals surface area (Å²) in [5.74, 6) is 0.241. The molecule has 3 aromatic rings. The fraction of sp³-hybridized carbons (Fsp3) is 0.333. The summed E-state index contributed by atoms with van der Waals surface area (Å²) in [6.07, 6.45) is 4.48. The summed E-state index contributed by atoms with van der Waals surface area (Å²) >= 11 is 0. The second-order valence-electron chi connectivity index (χ2n) is 8.74. The third-order valence-corrected chi connectivity index (χ3v) is 7.12. The van der Waals surface area contributed by atoms with Crippen molar-refractivity contribution in [3.05, 3.63) is 107 Å². The van der Waals surface area contributed by atoms with Crippen molar-refractivity contribution in [1.29, 1.82) is 0 Å². The molecule has 0 spiro atoms. The average Bonchev–Trinajstić information content (AvgIpc) is 3.06. The highest BCUT2D eigenvalue weighted by atomic mass is 19.1. The van der Waals surface area contributed by atoms with Gasteiger partial charge in [-0.3, -0.25) is 4.90 Å². The Hall–Kier alpha value is -2.52. The number of nitrogens with zero attached hydrogens (tertiary/aromatic N) is 1. The molecule has 2 heterocycles. The molecular formula is C27H27F2N. The number of halogens is 2. The summed E-state index contributed by atoms with van der Waals surface area (Å²) in [7, 11) is 0. The maximum atomic E-state index is 13.6. The maximum Gasteiger partial charge on any atom is 0.123 e. The maximum absolute atomic E-state index is 13.6. The molecule has 1 nitrogen and oxygen atoms in total. The van der Waals surface area contributed by atoms with E-state index in [1.54, 1.807) is 24.3 Å². The Bertz CT molecular complexity index is 968. The lowest BCUT2D eigenvalue weighted by Crippen LogP contribution is -2.47. The Morgan fingerprint density at radius 2 is 1.37 bits per heavy atom. The number of benzene rings is 3. The summed E-state index contributed by atoms with van der Waals surface area (Å²) in [6.45, 7) is 1.05. The second-order valence-corrected chi connectivity index (χ2v) is 8.74. The van der Waals surface area contributed by atoms with Gasteiger partial charge < -0.3 is 0 Å². The monoisotopic (exact) mass is 403 g/mol. The molecule has 30 heavy (non-hydrogen) atoms. The van der Waals surface area contributed by atoms with Crippen molar-refractivity contribution in [3.8, 4) is 0 Å². The van der Waals surface area contributed by atoms with E-state index < -0.39 is 0 Å². The first-order valence-corrected chi connectivity index (χ1v) is 11.0. The molecule has 0 unspecified atom stereocenters. The third kappa shape index (κ3) is 3.79. The van der Waals surface area contributed by atoms with Crippen molar-refractivity contribution in [1.82, 2.24) is 4.90 Å². The van der Waals surface area contributed by atoms with E-state index in [9.17, 15) is 8.78 Å². The van der Waals surface area contributed by atoms with Crippen molar-refractivity contribution >= 4 is 0 Å². The first kappa shape index (κ1) is 19.4. The quantitative estimate of drug-likeness (QED) is 0.482. The zero-order valence-electron chi connectivity index (χ0n) is 17.1. The van der Waals surface area contributed by atoms with Crippen LogP contribution < -0.4 is 0 Å². The summed E-state index contributed by atoms with van der Waals surface area (Å²) in [5.41, 5.74) is 3.77. The molecule has 2 fully saturated rings. The Labute approximate surface area is 177 Å². The lowest BCUT2D eigenvalue weighted by molar-refractivity contribution is 0.107. The van der Waals surface area contributed by atoms with E-state index in [2.05, 4.69) is 35.2 Å². The fourth-order valence-electron chi connectivity index (χ4n) is 5.76. The molecular weight excluding hydrogens is 376 g/mol. The number of hydrogen-bond acceptors (Lipinski definition) is 1. The van der Waals surface area contributed by atoms with E-state index in [1.165, 1.54) is 29.5 Å². The van der Waals surface area contributed by atoms with Crippen LogP contribution in [0.1, 0.15) is 47.8 Å². The molecule has 2 bridgehead atoms. The normalized spacial score (nSPS) is 26.1. The van der Waals surface area contributed by atoms with E-state index in [4.69, 9.17) is 0 Å². The van der Waals surface area contributed by atoms with Crippen LogP contribution in [0.5, 0.6) is 0 Å². The Morgan fingerprint density at radius 3 is 2.03 bits per heavy atom. The zero-order valence-corrected chi connectivity index (χ0v) is 17.1. The minimum atomic E-state index is -0.196. The zero-order chi connectivity index (χ0) is 20.5. The predicted octanol–water partition coefficient (Wildman–Crippen LogP) is 6.31. The molecule has 0 saturated carbocycles. The van der Waals surface area contributed by atoms with Crippen molar-refractivity contribution in [2.24, 2.45) is 0 Å². The highest BCUT2D eigenvalue weighted by molar-refractivity contribution is 5.33. The predicted molar refractivity (Wildman–Crippen MR) is 117 cm³/mol. The number of hydrogen-bond donors (Lipinski definition) is 0. The van der Waals surface area contributed by atoms with Crippen molar-refractivity contribution in [2.75, 3.05) is 6.54 Å². The first-order valence-electron chi connectivity index (χ1n) is 11.0. The first-order chi connectivity index (χ1) is 14.7. The van der Waals surface area contributed by atoms with E-state index >= 15 is 0 Å². The Morgan fingerprint density at radius 1 is 0.733 bits per heavy atom. The van der Waals surface area contributed by atoms with Gasteiger partial charge in [0.25, 0.3) is 0 Å². The second kappa shape index (κ2) is 8.31. The van der Waals surface area contributed by atoms with E-state index in [1.807, 2.05) is 24.3 Å². The third-order valence-electron chi connectivity index (χ3n) is 7.12. The molecule has 2 aliphatic heterocycles. The van der Waals surface area contributed by atoms with Crippen LogP contribution in [0.15, 0.2) is 78.9 Å². The fourth-order valence-corrected chi connectivity index (χ4v) is 5.76. The van der Waals surface area contributed by atoms with Crippen molar-refractivity contribution < 1.29 is 8.78 Å². The average molecular weight is 404 g/mol. The number of piperidine rings is 1. The molecule has 154 valence electrons. The van der Waals surface area contributed by atoms with Crippen LogP contribution in [0, 0.1) is 11.6 Å². The van der Waals surface area contributed by atoms with Gasteiger partial charge in [0, 0.05) is 24.5 Å². The minimum Gasteiger partial charge on any atom is -0.296 e. The van der Waals surface area contributed by atoms with Crippen LogP contribution in [0.4, 0.5) is 8.78 Å². The summed E-state index contributed by atoms with van der Waals surface area (Å²) in [4.78, 5) is 2.70. The lowest BCUT2D eigenvalue weighted by atomic mass is 9.72. The molecule has 3 aromatic carbocycles. The molecule has 2 saturated heterocycles. The van der Waals surface area contributed by atoms with Crippen molar-refractivity contribution in [2.45, 2.75) is 49.6 Å². The lowest BCUT2D eigenvalue weighted by Gasteiger charge is -2.45. The van der Waals surface area contributed by atoms with Crippen LogP contribution in [0.25, 0.3) is 0 Å². The van der Waals surface area contributed by atoms with Crippen LogP contribution in [-0.2, 0) is 6.42 Å². The summed E-state index contributed by atoms with van der Waals surface area (Å²) in [6, 6.07) is 25.7. The topological polar surface area (TPSA) is 3.24 Å². The largest absolute Gasteiger partial charge is 0.296 e. The van der Waals surface area contributed by atoms with Gasteiger partial charge >= 0.3 is 0 Å². The smallest absolute Gasteiger partial charge is 0.123 e. The van der Waals surface area contributed by atoms with Gasteiger partial charge in [0.2, 0.25) is 0 Å². The minimum absolute atomic E-state index is 0.194. The summed E-state index contributed by atoms with van der Waals surface area (Å²) < 4.78 is 27.2. The van der Waals surface area contributed by atoms with Gasteiger partial charge in [-0.25, -0.2) is 8.78 Å². The molecule has 5 rings (SSSR count). The Kier molecular flexibility index (Phi) is 5.39. The van der Waals surface area contributed by atoms with Crippen LogP contribution >= 0.6 is 0 Å². The van der Waals surface area contributed by atoms with Crippen LogP contribution in [0.3, 0.4) is 0 Å². The van der Waals surface area contributed by atoms with Gasteiger partial charge in [0.05, 0.1) is 0 Å². The van der Waals surface area contributed by atoms with Gasteiger partial charge in [-0.1, -0.05) is 54.6 Å². The Balaban J connectivity index is 1.46. The van der Waals surface area contributed by atoms with Gasteiger partial charge in [-0.05, 0) is 72.6 Å². The molecule has 0 aliphatic carbocycles. The van der Waals surface area contributed by atoms with Crippen LogP contribution in [0.2, 0.25) is 0 Å². The number of rotatable bonds is 5. The number of fused-ring (bicyclic) bond motifs is 2. The van der Waals surface area contributed by atoms with E-state index in [0.29, 0.717) is 23.9 Å². The van der Waals surface area contributed by atoms with Crippen molar-refractivity contribution in [3.63, 3.8) is 0 Å². The van der Waals surface area contributed by atoms with Crippen LogP contribution in [-0.4, -0.2) is 23.5 Å². The molecule has 0 N–H and O–H groups in total. The summed E-state index contributed by atoms with van der Waals surface area (Å²) in [5, 5.41) is 0. The standard InChI is InChI=1S/C27H27F2N/c28-22-10-6-20(7-11-22)25-18-24-14-15-26(27(25)21-8-12-23(29)13-9-21)30(24)17-16-19-4-2-1-3-5-19/h1-13,24-27H,14-18H2/t24-,25-,26+,27-/m0/s1. The molecule has 3 heteroatoms. The van der Waals surface area contributed by atoms with E-state index in [0.717, 1.165) is 19.4 Å². The SMILES string of the molecule is Fc1ccc([C@@H]2[C@H]3CC[C@@H](C[C@H]2c2ccc(F)cc2)N3CCc2ccccc2)cc1. The van der Waals surface area contributed by atoms with E-state index in [-0.39, 0.29) is 11.6 Å². The van der Waals surface area contributed by atoms with Gasteiger partial charge in [-0.2, -0.15) is 0 Å². The van der Waals surface area contributed by atoms with Gasteiger partial charge in [0.15, 0.2) is 0 Å². The van der Waals surface area contributed by atoms with Gasteiger partial charge in [0.1, 0.15) is 11.6 Å². The molecule has 0 amide bonds.